The number of amides is 3. The van der Waals surface area contributed by atoms with Crippen molar-refractivity contribution in [2.75, 3.05) is 0 Å². The Bertz CT molecular complexity index is 1200. The summed E-state index contributed by atoms with van der Waals surface area (Å²) in [5.74, 6) is -7.25. The number of imidazole rings is 1. The molecule has 0 aliphatic heterocycles. The molecule has 1 heterocycles. The lowest BCUT2D eigenvalue weighted by Crippen LogP contribution is -2.58. The number of H-pyrrole nitrogens is 1. The van der Waals surface area contributed by atoms with E-state index in [4.69, 9.17) is 15.9 Å². The quantitative estimate of drug-likeness (QED) is 0.109. The van der Waals surface area contributed by atoms with Crippen molar-refractivity contribution in [1.29, 1.82) is 0 Å². The van der Waals surface area contributed by atoms with Crippen LogP contribution in [0.4, 0.5) is 0 Å². The molecular formula is C24H30N6O10. The zero-order valence-electron chi connectivity index (χ0n) is 21.1. The van der Waals surface area contributed by atoms with Gasteiger partial charge in [0.15, 0.2) is 0 Å². The second kappa shape index (κ2) is 14.8. The molecule has 0 spiro atoms. The highest BCUT2D eigenvalue weighted by Crippen LogP contribution is 2.12. The Hall–Kier alpha value is -4.99. The Morgan fingerprint density at radius 3 is 1.98 bits per heavy atom. The minimum Gasteiger partial charge on any atom is -0.508 e. The van der Waals surface area contributed by atoms with Gasteiger partial charge in [-0.3, -0.25) is 24.0 Å². The number of carboxylic acid groups (broad SMARTS) is 3. The van der Waals surface area contributed by atoms with Gasteiger partial charge in [-0.2, -0.15) is 0 Å². The van der Waals surface area contributed by atoms with Crippen LogP contribution < -0.4 is 21.7 Å². The van der Waals surface area contributed by atoms with Crippen LogP contribution in [0.1, 0.15) is 30.5 Å². The summed E-state index contributed by atoms with van der Waals surface area (Å²) in [5, 5.41) is 43.7. The molecule has 16 nitrogen and oxygen atoms in total. The first kappa shape index (κ1) is 31.2. The summed E-state index contributed by atoms with van der Waals surface area (Å²) in [4.78, 5) is 79.1. The number of phenols is 1. The number of carbonyl (C=O) groups is 6. The average Bonchev–Trinajstić information content (AvgIpc) is 3.39. The fraction of sp³-hybridized carbons (Fsp3) is 0.375. The van der Waals surface area contributed by atoms with Gasteiger partial charge in [0.25, 0.3) is 0 Å². The van der Waals surface area contributed by atoms with Crippen LogP contribution >= 0.6 is 0 Å². The molecule has 0 saturated carbocycles. The smallest absolute Gasteiger partial charge is 0.326 e. The molecule has 0 saturated heterocycles. The van der Waals surface area contributed by atoms with Crippen molar-refractivity contribution in [3.63, 3.8) is 0 Å². The number of carboxylic acids is 3. The molecule has 16 heteroatoms. The van der Waals surface area contributed by atoms with Gasteiger partial charge in [0.1, 0.15) is 23.9 Å². The van der Waals surface area contributed by atoms with Crippen molar-refractivity contribution in [3.8, 4) is 5.75 Å². The van der Waals surface area contributed by atoms with E-state index in [1.54, 1.807) is 0 Å². The molecule has 1 aromatic heterocycles. The van der Waals surface area contributed by atoms with Gasteiger partial charge in [-0.25, -0.2) is 9.78 Å². The maximum Gasteiger partial charge on any atom is 0.326 e. The first-order chi connectivity index (χ1) is 18.8. The van der Waals surface area contributed by atoms with E-state index in [9.17, 15) is 39.0 Å². The van der Waals surface area contributed by atoms with Crippen molar-refractivity contribution in [2.45, 2.75) is 56.3 Å². The monoisotopic (exact) mass is 562 g/mol. The molecule has 0 bridgehead atoms. The highest BCUT2D eigenvalue weighted by molar-refractivity contribution is 5.95. The lowest BCUT2D eigenvalue weighted by Gasteiger charge is -2.25. The Morgan fingerprint density at radius 2 is 1.43 bits per heavy atom. The van der Waals surface area contributed by atoms with E-state index in [2.05, 4.69) is 25.9 Å². The molecule has 0 aliphatic carbocycles. The fourth-order valence-corrected chi connectivity index (χ4v) is 3.54. The first-order valence-corrected chi connectivity index (χ1v) is 11.9. The van der Waals surface area contributed by atoms with Crippen LogP contribution in [0.25, 0.3) is 0 Å². The van der Waals surface area contributed by atoms with Gasteiger partial charge >= 0.3 is 17.9 Å². The van der Waals surface area contributed by atoms with Crippen molar-refractivity contribution in [2.24, 2.45) is 5.73 Å². The summed E-state index contributed by atoms with van der Waals surface area (Å²) >= 11 is 0. The largest absolute Gasteiger partial charge is 0.508 e. The van der Waals surface area contributed by atoms with Crippen LogP contribution in [0.3, 0.4) is 0 Å². The molecule has 2 rings (SSSR count). The zero-order valence-corrected chi connectivity index (χ0v) is 21.1. The highest BCUT2D eigenvalue weighted by Gasteiger charge is 2.31. The van der Waals surface area contributed by atoms with Crippen LogP contribution in [0.15, 0.2) is 36.8 Å². The number of hydrogen-bond donors (Lipinski definition) is 9. The number of aliphatic carboxylic acids is 3. The molecule has 2 aromatic rings. The molecule has 4 atom stereocenters. The van der Waals surface area contributed by atoms with E-state index in [1.165, 1.54) is 36.8 Å². The van der Waals surface area contributed by atoms with Gasteiger partial charge < -0.3 is 47.1 Å². The number of hydrogen-bond acceptors (Lipinski definition) is 9. The fourth-order valence-electron chi connectivity index (χ4n) is 3.54. The number of nitrogens with two attached hydrogens (primary N) is 1. The molecule has 0 aliphatic rings. The minimum atomic E-state index is -1.81. The lowest BCUT2D eigenvalue weighted by molar-refractivity contribution is -0.147. The Kier molecular flexibility index (Phi) is 11.6. The van der Waals surface area contributed by atoms with Crippen LogP contribution in [-0.2, 0) is 41.6 Å². The first-order valence-electron chi connectivity index (χ1n) is 11.9. The van der Waals surface area contributed by atoms with Gasteiger partial charge in [0.2, 0.25) is 17.7 Å². The zero-order chi connectivity index (χ0) is 29.8. The molecule has 10 N–H and O–H groups in total. The van der Waals surface area contributed by atoms with Crippen molar-refractivity contribution in [3.05, 3.63) is 48.0 Å². The number of nitrogens with one attached hydrogen (secondary N) is 4. The van der Waals surface area contributed by atoms with Crippen LogP contribution in [-0.4, -0.2) is 90.2 Å². The van der Waals surface area contributed by atoms with Crippen LogP contribution in [0.5, 0.6) is 5.75 Å². The van der Waals surface area contributed by atoms with Crippen LogP contribution in [0.2, 0.25) is 0 Å². The summed E-state index contributed by atoms with van der Waals surface area (Å²) in [6.07, 6.45) is 0.807. The van der Waals surface area contributed by atoms with E-state index in [1.807, 2.05) is 0 Å². The third-order valence-corrected chi connectivity index (χ3v) is 5.61. The van der Waals surface area contributed by atoms with Gasteiger partial charge in [-0.05, 0) is 24.1 Å². The number of aromatic hydroxyl groups is 1. The molecule has 216 valence electrons. The van der Waals surface area contributed by atoms with Crippen LogP contribution in [0, 0.1) is 0 Å². The average molecular weight is 563 g/mol. The molecule has 3 amide bonds. The third-order valence-electron chi connectivity index (χ3n) is 5.61. The molecule has 0 fully saturated rings. The predicted molar refractivity (Wildman–Crippen MR) is 135 cm³/mol. The summed E-state index contributed by atoms with van der Waals surface area (Å²) < 4.78 is 0. The summed E-state index contributed by atoms with van der Waals surface area (Å²) in [7, 11) is 0. The lowest BCUT2D eigenvalue weighted by atomic mass is 10.0. The number of nitrogens with zero attached hydrogens (tertiary/aromatic N) is 1. The number of phenolic OH excluding ortho intramolecular Hbond substituents is 1. The van der Waals surface area contributed by atoms with Gasteiger partial charge in [0.05, 0.1) is 18.8 Å². The topological polar surface area (TPSA) is 274 Å². The number of carbonyl (C=O) groups excluding carboxylic acids is 3. The number of rotatable bonds is 16. The minimum absolute atomic E-state index is 0.0329. The SMILES string of the molecule is NC(Cc1cnc[nH]1)C(=O)NC(CCC(=O)O)C(=O)NC(Cc1ccc(O)cc1)C(=O)NC(CC(=O)O)C(=O)O. The number of aromatic nitrogens is 2. The van der Waals surface area contributed by atoms with E-state index in [0.717, 1.165) is 0 Å². The number of benzene rings is 1. The molecular weight excluding hydrogens is 532 g/mol. The predicted octanol–water partition coefficient (Wildman–Crippen LogP) is -1.89. The summed E-state index contributed by atoms with van der Waals surface area (Å²) in [6, 6.07) is -0.369. The molecule has 0 radical (unpaired) electrons. The summed E-state index contributed by atoms with van der Waals surface area (Å²) in [5.41, 5.74) is 6.87. The Morgan fingerprint density at radius 1 is 0.825 bits per heavy atom. The molecule has 4 unspecified atom stereocenters. The van der Waals surface area contributed by atoms with Crippen molar-refractivity contribution in [1.82, 2.24) is 25.9 Å². The van der Waals surface area contributed by atoms with E-state index in [0.29, 0.717) is 11.3 Å². The standard InChI is InChI=1S/C24H30N6O10/c25-15(8-13-10-26-11-27-13)21(36)28-16(5-6-19(32)33)22(37)29-17(7-12-1-3-14(31)4-2-12)23(38)30-18(24(39)40)9-20(34)35/h1-4,10-11,15-18,31H,5-9,25H2,(H,26,27)(H,28,36)(H,29,37)(H,30,38)(H,32,33)(H,34,35)(H,39,40). The molecule has 40 heavy (non-hydrogen) atoms. The third kappa shape index (κ3) is 10.4. The van der Waals surface area contributed by atoms with Gasteiger partial charge in [0, 0.05) is 31.2 Å². The van der Waals surface area contributed by atoms with E-state index in [-0.39, 0.29) is 25.0 Å². The Balaban J connectivity index is 2.24. The Labute approximate surface area is 227 Å². The van der Waals surface area contributed by atoms with Crippen molar-refractivity contribution >= 4 is 35.6 Å². The normalized spacial score (nSPS) is 13.7. The number of aromatic amines is 1. The molecule has 1 aromatic carbocycles. The van der Waals surface area contributed by atoms with Crippen molar-refractivity contribution < 1.29 is 49.2 Å². The maximum absolute atomic E-state index is 13.2. The van der Waals surface area contributed by atoms with Gasteiger partial charge in [-0.15, -0.1) is 0 Å². The van der Waals surface area contributed by atoms with E-state index >= 15 is 0 Å². The second-order valence-corrected chi connectivity index (χ2v) is 8.81. The maximum atomic E-state index is 13.2. The second-order valence-electron chi connectivity index (χ2n) is 8.81. The summed E-state index contributed by atoms with van der Waals surface area (Å²) in [6.45, 7) is 0. The van der Waals surface area contributed by atoms with Gasteiger partial charge in [-0.1, -0.05) is 12.1 Å². The highest BCUT2D eigenvalue weighted by atomic mass is 16.4. The van der Waals surface area contributed by atoms with E-state index < -0.39 is 72.6 Å².